The maximum absolute atomic E-state index is 12.4. The molecule has 0 spiro atoms. The van der Waals surface area contributed by atoms with E-state index in [2.05, 4.69) is 31.1 Å². The van der Waals surface area contributed by atoms with Crippen LogP contribution >= 0.6 is 0 Å². The molecular formula is C23H23N5O. The Kier molecular flexibility index (Phi) is 4.60. The molecule has 29 heavy (non-hydrogen) atoms. The van der Waals surface area contributed by atoms with Crippen molar-refractivity contribution in [3.63, 3.8) is 0 Å². The Hall–Kier alpha value is -3.41. The number of rotatable bonds is 5. The summed E-state index contributed by atoms with van der Waals surface area (Å²) in [5, 5.41) is 12.9. The number of aromatic nitrogens is 4. The van der Waals surface area contributed by atoms with Crippen LogP contribution in [-0.2, 0) is 24.2 Å². The monoisotopic (exact) mass is 385 g/mol. The van der Waals surface area contributed by atoms with E-state index in [1.54, 1.807) is 0 Å². The van der Waals surface area contributed by atoms with Gasteiger partial charge < -0.3 is 14.9 Å². The van der Waals surface area contributed by atoms with Crippen LogP contribution in [0.25, 0.3) is 22.3 Å². The average molecular weight is 385 g/mol. The Morgan fingerprint density at radius 2 is 1.93 bits per heavy atom. The van der Waals surface area contributed by atoms with Crippen molar-refractivity contribution in [1.29, 1.82) is 0 Å². The second kappa shape index (κ2) is 7.54. The highest BCUT2D eigenvalue weighted by Gasteiger charge is 2.17. The lowest BCUT2D eigenvalue weighted by Gasteiger charge is -2.14. The van der Waals surface area contributed by atoms with Crippen molar-refractivity contribution in [3.05, 3.63) is 66.1 Å². The Labute approximate surface area is 169 Å². The first-order valence-corrected chi connectivity index (χ1v) is 10.2. The van der Waals surface area contributed by atoms with Gasteiger partial charge in [0.2, 0.25) is 5.91 Å². The number of amides is 1. The van der Waals surface area contributed by atoms with Gasteiger partial charge in [0.1, 0.15) is 5.82 Å². The number of nitrogens with one attached hydrogen (secondary N) is 2. The molecule has 0 saturated heterocycles. The van der Waals surface area contributed by atoms with E-state index in [9.17, 15) is 4.79 Å². The van der Waals surface area contributed by atoms with Gasteiger partial charge in [0.25, 0.3) is 0 Å². The summed E-state index contributed by atoms with van der Waals surface area (Å²) in [7, 11) is 0. The fraction of sp³-hybridized carbons (Fsp3) is 0.261. The SMILES string of the molecule is O=C(CCc1c[nH]c2ccccc12)Nc1ccc(-c2nnc3n2CCCC3)cc1. The van der Waals surface area contributed by atoms with Crippen LogP contribution in [-0.4, -0.2) is 25.7 Å². The number of hydrogen-bond donors (Lipinski definition) is 2. The number of carbonyl (C=O) groups is 1. The molecule has 0 aliphatic carbocycles. The van der Waals surface area contributed by atoms with Crippen LogP contribution in [0.3, 0.4) is 0 Å². The van der Waals surface area contributed by atoms with Crippen LogP contribution in [0.4, 0.5) is 5.69 Å². The van der Waals surface area contributed by atoms with Crippen LogP contribution in [0.2, 0.25) is 0 Å². The topological polar surface area (TPSA) is 75.6 Å². The van der Waals surface area contributed by atoms with Gasteiger partial charge >= 0.3 is 0 Å². The van der Waals surface area contributed by atoms with Gasteiger partial charge in [0.15, 0.2) is 5.82 Å². The zero-order chi connectivity index (χ0) is 19.6. The second-order valence-electron chi connectivity index (χ2n) is 7.53. The molecule has 0 atom stereocenters. The van der Waals surface area contributed by atoms with Gasteiger partial charge in [0, 0.05) is 47.7 Å². The number of para-hydroxylation sites is 1. The van der Waals surface area contributed by atoms with Crippen molar-refractivity contribution < 1.29 is 4.79 Å². The van der Waals surface area contributed by atoms with Crippen molar-refractivity contribution in [2.75, 3.05) is 5.32 Å². The van der Waals surface area contributed by atoms with E-state index in [4.69, 9.17) is 0 Å². The van der Waals surface area contributed by atoms with E-state index in [0.29, 0.717) is 12.8 Å². The molecule has 146 valence electrons. The van der Waals surface area contributed by atoms with Crippen LogP contribution in [0.1, 0.15) is 30.7 Å². The van der Waals surface area contributed by atoms with Crippen LogP contribution in [0.5, 0.6) is 0 Å². The highest BCUT2D eigenvalue weighted by Crippen LogP contribution is 2.24. The Balaban J connectivity index is 1.23. The average Bonchev–Trinajstić information content (AvgIpc) is 3.37. The Bertz CT molecular complexity index is 1160. The summed E-state index contributed by atoms with van der Waals surface area (Å²) in [6.45, 7) is 0.976. The summed E-state index contributed by atoms with van der Waals surface area (Å²) in [5.74, 6) is 2.00. The fourth-order valence-corrected chi connectivity index (χ4v) is 4.03. The molecule has 2 aromatic carbocycles. The van der Waals surface area contributed by atoms with Gasteiger partial charge in [-0.2, -0.15) is 0 Å². The summed E-state index contributed by atoms with van der Waals surface area (Å²) < 4.78 is 2.21. The standard InChI is InChI=1S/C23H23N5O/c29-22(13-10-17-15-24-20-6-2-1-5-19(17)20)25-18-11-8-16(9-12-18)23-27-26-21-7-3-4-14-28(21)23/h1-2,5-6,8-9,11-12,15,24H,3-4,7,10,13-14H2,(H,25,29). The molecule has 3 heterocycles. The number of aryl methyl sites for hydroxylation is 2. The number of H-pyrrole nitrogens is 1. The van der Waals surface area contributed by atoms with E-state index < -0.39 is 0 Å². The fourth-order valence-electron chi connectivity index (χ4n) is 4.03. The van der Waals surface area contributed by atoms with E-state index in [-0.39, 0.29) is 5.91 Å². The lowest BCUT2D eigenvalue weighted by Crippen LogP contribution is -2.12. The van der Waals surface area contributed by atoms with Crippen LogP contribution in [0.15, 0.2) is 54.7 Å². The van der Waals surface area contributed by atoms with Crippen LogP contribution in [0, 0.1) is 0 Å². The lowest BCUT2D eigenvalue weighted by atomic mass is 10.1. The predicted octanol–water partition coefficient (Wildman–Crippen LogP) is 4.33. The minimum absolute atomic E-state index is 0.0166. The molecule has 1 amide bonds. The first kappa shape index (κ1) is 17.7. The molecule has 0 bridgehead atoms. The summed E-state index contributed by atoms with van der Waals surface area (Å²) in [4.78, 5) is 15.7. The van der Waals surface area contributed by atoms with Crippen molar-refractivity contribution in [2.45, 2.75) is 38.6 Å². The molecule has 1 aliphatic heterocycles. The number of fused-ring (bicyclic) bond motifs is 2. The molecule has 6 nitrogen and oxygen atoms in total. The molecule has 0 radical (unpaired) electrons. The maximum atomic E-state index is 12.4. The van der Waals surface area contributed by atoms with Gasteiger partial charge in [-0.15, -0.1) is 10.2 Å². The maximum Gasteiger partial charge on any atom is 0.224 e. The summed E-state index contributed by atoms with van der Waals surface area (Å²) in [5.41, 5.74) is 4.11. The first-order chi connectivity index (χ1) is 14.3. The molecule has 2 aromatic heterocycles. The Morgan fingerprint density at radius 1 is 1.07 bits per heavy atom. The van der Waals surface area contributed by atoms with Gasteiger partial charge in [-0.1, -0.05) is 18.2 Å². The number of carbonyl (C=O) groups excluding carboxylic acids is 1. The molecular weight excluding hydrogens is 362 g/mol. The number of hydrogen-bond acceptors (Lipinski definition) is 3. The van der Waals surface area contributed by atoms with Gasteiger partial charge in [-0.25, -0.2) is 0 Å². The molecule has 6 heteroatoms. The molecule has 5 rings (SSSR count). The highest BCUT2D eigenvalue weighted by atomic mass is 16.1. The zero-order valence-corrected chi connectivity index (χ0v) is 16.2. The van der Waals surface area contributed by atoms with Crippen molar-refractivity contribution in [3.8, 4) is 11.4 Å². The molecule has 1 aliphatic rings. The smallest absolute Gasteiger partial charge is 0.224 e. The second-order valence-corrected chi connectivity index (χ2v) is 7.53. The number of benzene rings is 2. The van der Waals surface area contributed by atoms with Crippen molar-refractivity contribution in [2.24, 2.45) is 0 Å². The minimum Gasteiger partial charge on any atom is -0.361 e. The van der Waals surface area contributed by atoms with Crippen LogP contribution < -0.4 is 5.32 Å². The molecule has 4 aromatic rings. The van der Waals surface area contributed by atoms with Gasteiger partial charge in [-0.05, 0) is 55.2 Å². The molecule has 0 unspecified atom stereocenters. The Morgan fingerprint density at radius 3 is 2.83 bits per heavy atom. The third-order valence-corrected chi connectivity index (χ3v) is 5.58. The third-order valence-electron chi connectivity index (χ3n) is 5.58. The lowest BCUT2D eigenvalue weighted by molar-refractivity contribution is -0.116. The van der Waals surface area contributed by atoms with Gasteiger partial charge in [0.05, 0.1) is 0 Å². The number of aromatic amines is 1. The third kappa shape index (κ3) is 3.53. The number of nitrogens with zero attached hydrogens (tertiary/aromatic N) is 3. The summed E-state index contributed by atoms with van der Waals surface area (Å²) >= 11 is 0. The van der Waals surface area contributed by atoms with Crippen molar-refractivity contribution in [1.82, 2.24) is 19.7 Å². The highest BCUT2D eigenvalue weighted by molar-refractivity contribution is 5.91. The normalized spacial score (nSPS) is 13.4. The first-order valence-electron chi connectivity index (χ1n) is 10.2. The van der Waals surface area contributed by atoms with E-state index >= 15 is 0 Å². The largest absolute Gasteiger partial charge is 0.361 e. The van der Waals surface area contributed by atoms with E-state index in [1.807, 2.05) is 48.7 Å². The summed E-state index contributed by atoms with van der Waals surface area (Å²) in [6, 6.07) is 16.0. The summed E-state index contributed by atoms with van der Waals surface area (Å²) in [6.07, 6.45) is 6.49. The molecule has 0 saturated carbocycles. The quantitative estimate of drug-likeness (QED) is 0.537. The molecule has 0 fully saturated rings. The van der Waals surface area contributed by atoms with Crippen molar-refractivity contribution >= 4 is 22.5 Å². The van der Waals surface area contributed by atoms with Gasteiger partial charge in [-0.3, -0.25) is 4.79 Å². The molecule has 2 N–H and O–H groups in total. The zero-order valence-electron chi connectivity index (χ0n) is 16.2. The number of anilines is 1. The minimum atomic E-state index is 0.0166. The van der Waals surface area contributed by atoms with E-state index in [0.717, 1.165) is 41.4 Å². The van der Waals surface area contributed by atoms with E-state index in [1.165, 1.54) is 23.8 Å². The predicted molar refractivity (Wildman–Crippen MR) is 114 cm³/mol.